The highest BCUT2D eigenvalue weighted by atomic mass is 16.5. The van der Waals surface area contributed by atoms with E-state index in [1.54, 1.807) is 62.5 Å². The normalized spacial score (nSPS) is 15.5. The maximum absolute atomic E-state index is 12.4. The fraction of sp³-hybridized carbons (Fsp3) is 0.304. The summed E-state index contributed by atoms with van der Waals surface area (Å²) in [6.45, 7) is 4.37. The van der Waals surface area contributed by atoms with Gasteiger partial charge in [-0.1, -0.05) is 13.0 Å². The van der Waals surface area contributed by atoms with E-state index < -0.39 is 6.10 Å². The quantitative estimate of drug-likeness (QED) is 0.701. The van der Waals surface area contributed by atoms with Crippen molar-refractivity contribution in [2.45, 2.75) is 26.4 Å². The van der Waals surface area contributed by atoms with Crippen LogP contribution < -0.4 is 24.4 Å². The largest absolute Gasteiger partial charge is 0.493 e. The minimum absolute atomic E-state index is 0.0565. The Balaban J connectivity index is 1.72. The molecule has 0 fully saturated rings. The first-order chi connectivity index (χ1) is 14.5. The zero-order valence-electron chi connectivity index (χ0n) is 17.6. The summed E-state index contributed by atoms with van der Waals surface area (Å²) in [7, 11) is 3.13. The molecule has 0 radical (unpaired) electrons. The van der Waals surface area contributed by atoms with Crippen LogP contribution in [0.5, 0.6) is 17.2 Å². The van der Waals surface area contributed by atoms with Crippen LogP contribution in [0.4, 0.5) is 11.4 Å². The summed E-state index contributed by atoms with van der Waals surface area (Å²) in [5, 5.41) is 2.82. The van der Waals surface area contributed by atoms with Crippen molar-refractivity contribution in [3.05, 3.63) is 48.0 Å². The molecule has 0 saturated carbocycles. The van der Waals surface area contributed by atoms with Gasteiger partial charge in [0.05, 0.1) is 19.9 Å². The molecule has 1 N–H and O–H groups in total. The number of hydrogen-bond donors (Lipinski definition) is 1. The van der Waals surface area contributed by atoms with Crippen LogP contribution in [-0.4, -0.2) is 38.7 Å². The predicted octanol–water partition coefficient (Wildman–Crippen LogP) is 3.88. The number of benzene rings is 2. The molecule has 2 aromatic rings. The van der Waals surface area contributed by atoms with E-state index in [0.29, 0.717) is 29.5 Å². The Morgan fingerprint density at radius 2 is 1.93 bits per heavy atom. The zero-order valence-corrected chi connectivity index (χ0v) is 17.6. The average molecular weight is 410 g/mol. The molecule has 1 heterocycles. The first-order valence-corrected chi connectivity index (χ1v) is 9.80. The Morgan fingerprint density at radius 3 is 2.63 bits per heavy atom. The van der Waals surface area contributed by atoms with E-state index in [0.717, 1.165) is 17.7 Å². The lowest BCUT2D eigenvalue weighted by molar-refractivity contribution is -0.125. The van der Waals surface area contributed by atoms with Crippen molar-refractivity contribution in [1.82, 2.24) is 0 Å². The SMILES string of the molecule is CCCN1C(=O)C(C)Oc2cc(NC(=O)/C=C/c3ccc(OC)c(OC)c3)ccc21. The molecule has 0 saturated heterocycles. The summed E-state index contributed by atoms with van der Waals surface area (Å²) in [6, 6.07) is 10.7. The van der Waals surface area contributed by atoms with E-state index in [9.17, 15) is 9.59 Å². The van der Waals surface area contributed by atoms with Gasteiger partial charge in [0, 0.05) is 24.4 Å². The van der Waals surface area contributed by atoms with Gasteiger partial charge in [0.25, 0.3) is 5.91 Å². The summed E-state index contributed by atoms with van der Waals surface area (Å²) in [4.78, 5) is 26.4. The highest BCUT2D eigenvalue weighted by Gasteiger charge is 2.31. The lowest BCUT2D eigenvalue weighted by Crippen LogP contribution is -2.44. The smallest absolute Gasteiger partial charge is 0.267 e. The monoisotopic (exact) mass is 410 g/mol. The highest BCUT2D eigenvalue weighted by molar-refractivity contribution is 6.03. The Kier molecular flexibility index (Phi) is 6.61. The summed E-state index contributed by atoms with van der Waals surface area (Å²) in [5.74, 6) is 1.46. The van der Waals surface area contributed by atoms with Crippen molar-refractivity contribution >= 4 is 29.3 Å². The third kappa shape index (κ3) is 4.56. The second-order valence-corrected chi connectivity index (χ2v) is 6.87. The lowest BCUT2D eigenvalue weighted by atomic mass is 10.1. The molecule has 30 heavy (non-hydrogen) atoms. The number of nitrogens with one attached hydrogen (secondary N) is 1. The molecule has 158 valence electrons. The van der Waals surface area contributed by atoms with Gasteiger partial charge in [-0.15, -0.1) is 0 Å². The first-order valence-electron chi connectivity index (χ1n) is 9.80. The van der Waals surface area contributed by atoms with Gasteiger partial charge in [-0.2, -0.15) is 0 Å². The van der Waals surface area contributed by atoms with E-state index in [1.807, 2.05) is 13.0 Å². The Labute approximate surface area is 176 Å². The van der Waals surface area contributed by atoms with Gasteiger partial charge < -0.3 is 24.4 Å². The topological polar surface area (TPSA) is 77.1 Å². The average Bonchev–Trinajstić information content (AvgIpc) is 2.75. The van der Waals surface area contributed by atoms with Crippen molar-refractivity contribution in [3.8, 4) is 17.2 Å². The van der Waals surface area contributed by atoms with E-state index in [4.69, 9.17) is 14.2 Å². The van der Waals surface area contributed by atoms with Crippen LogP contribution in [0.1, 0.15) is 25.8 Å². The molecule has 7 heteroatoms. The van der Waals surface area contributed by atoms with Gasteiger partial charge in [0.2, 0.25) is 5.91 Å². The molecule has 2 aromatic carbocycles. The van der Waals surface area contributed by atoms with Crippen LogP contribution in [0.3, 0.4) is 0 Å². The third-order valence-electron chi connectivity index (χ3n) is 4.72. The summed E-state index contributed by atoms with van der Waals surface area (Å²) in [5.41, 5.74) is 2.12. The van der Waals surface area contributed by atoms with Gasteiger partial charge in [-0.25, -0.2) is 0 Å². The van der Waals surface area contributed by atoms with Crippen molar-refractivity contribution in [3.63, 3.8) is 0 Å². The van der Waals surface area contributed by atoms with Gasteiger partial charge in [0.1, 0.15) is 5.75 Å². The van der Waals surface area contributed by atoms with Crippen LogP contribution in [0.2, 0.25) is 0 Å². The lowest BCUT2D eigenvalue weighted by Gasteiger charge is -2.33. The van der Waals surface area contributed by atoms with Gasteiger partial charge in [-0.05, 0) is 49.2 Å². The number of methoxy groups -OCH3 is 2. The molecule has 0 bridgehead atoms. The number of rotatable bonds is 7. The minimum atomic E-state index is -0.556. The Morgan fingerprint density at radius 1 is 1.17 bits per heavy atom. The van der Waals surface area contributed by atoms with Gasteiger partial charge in [0.15, 0.2) is 17.6 Å². The maximum Gasteiger partial charge on any atom is 0.267 e. The molecule has 3 rings (SSSR count). The second kappa shape index (κ2) is 9.35. The predicted molar refractivity (Wildman–Crippen MR) is 116 cm³/mol. The standard InChI is InChI=1S/C23H26N2O5/c1-5-12-25-18-9-8-17(14-20(18)30-15(2)23(25)27)24-22(26)11-7-16-6-10-19(28-3)21(13-16)29-4/h6-11,13-15H,5,12H2,1-4H3,(H,24,26)/b11-7+. The molecule has 7 nitrogen and oxygen atoms in total. The first kappa shape index (κ1) is 21.2. The van der Waals surface area contributed by atoms with E-state index in [-0.39, 0.29) is 11.8 Å². The van der Waals surface area contributed by atoms with Crippen LogP contribution in [-0.2, 0) is 9.59 Å². The maximum atomic E-state index is 12.4. The number of hydrogen-bond acceptors (Lipinski definition) is 5. The van der Waals surface area contributed by atoms with Crippen molar-refractivity contribution in [1.29, 1.82) is 0 Å². The van der Waals surface area contributed by atoms with E-state index in [1.165, 1.54) is 6.08 Å². The molecule has 0 aliphatic carbocycles. The summed E-state index contributed by atoms with van der Waals surface area (Å²) in [6.07, 6.45) is 3.42. The number of anilines is 2. The summed E-state index contributed by atoms with van der Waals surface area (Å²) < 4.78 is 16.2. The van der Waals surface area contributed by atoms with Crippen molar-refractivity contribution in [2.24, 2.45) is 0 Å². The van der Waals surface area contributed by atoms with Crippen LogP contribution in [0.25, 0.3) is 6.08 Å². The molecule has 1 aliphatic heterocycles. The van der Waals surface area contributed by atoms with Crippen LogP contribution in [0, 0.1) is 0 Å². The Bertz CT molecular complexity index is 970. The van der Waals surface area contributed by atoms with Crippen LogP contribution >= 0.6 is 0 Å². The van der Waals surface area contributed by atoms with Gasteiger partial charge in [-0.3, -0.25) is 9.59 Å². The summed E-state index contributed by atoms with van der Waals surface area (Å²) >= 11 is 0. The molecular formula is C23H26N2O5. The fourth-order valence-corrected chi connectivity index (χ4v) is 3.25. The molecule has 0 spiro atoms. The van der Waals surface area contributed by atoms with Crippen LogP contribution in [0.15, 0.2) is 42.5 Å². The highest BCUT2D eigenvalue weighted by Crippen LogP contribution is 2.36. The second-order valence-electron chi connectivity index (χ2n) is 6.87. The number of fused-ring (bicyclic) bond motifs is 1. The number of carbonyl (C=O) groups excluding carboxylic acids is 2. The van der Waals surface area contributed by atoms with E-state index in [2.05, 4.69) is 5.32 Å². The molecule has 2 amide bonds. The van der Waals surface area contributed by atoms with Gasteiger partial charge >= 0.3 is 0 Å². The molecule has 1 atom stereocenters. The molecule has 1 aliphatic rings. The number of amides is 2. The zero-order chi connectivity index (χ0) is 21.7. The number of carbonyl (C=O) groups is 2. The minimum Gasteiger partial charge on any atom is -0.493 e. The molecule has 0 aromatic heterocycles. The molecular weight excluding hydrogens is 384 g/mol. The fourth-order valence-electron chi connectivity index (χ4n) is 3.25. The number of nitrogens with zero attached hydrogens (tertiary/aromatic N) is 1. The Hall–Kier alpha value is -3.48. The van der Waals surface area contributed by atoms with Crippen molar-refractivity contribution in [2.75, 3.05) is 31.0 Å². The number of ether oxygens (including phenoxy) is 3. The van der Waals surface area contributed by atoms with Crippen molar-refractivity contribution < 1.29 is 23.8 Å². The third-order valence-corrected chi connectivity index (χ3v) is 4.72. The molecule has 1 unspecified atom stereocenters. The van der Waals surface area contributed by atoms with E-state index >= 15 is 0 Å².